The summed E-state index contributed by atoms with van der Waals surface area (Å²) in [5, 5.41) is 1.73. The van der Waals surface area contributed by atoms with E-state index in [1.54, 1.807) is 32.4 Å². The molecule has 0 saturated heterocycles. The first kappa shape index (κ1) is 16.4. The van der Waals surface area contributed by atoms with Gasteiger partial charge in [0.05, 0.1) is 18.7 Å². The highest BCUT2D eigenvalue weighted by atomic mass is 32.2. The van der Waals surface area contributed by atoms with Crippen molar-refractivity contribution in [3.63, 3.8) is 0 Å². The highest BCUT2D eigenvalue weighted by molar-refractivity contribution is 7.98. The van der Waals surface area contributed by atoms with Gasteiger partial charge in [0.15, 0.2) is 0 Å². The van der Waals surface area contributed by atoms with Crippen molar-refractivity contribution in [1.29, 1.82) is 0 Å². The fourth-order valence-corrected chi connectivity index (χ4v) is 3.23. The molecule has 0 spiro atoms. The first-order valence-corrected chi connectivity index (χ1v) is 8.52. The van der Waals surface area contributed by atoms with Gasteiger partial charge in [0, 0.05) is 22.9 Å². The monoisotopic (exact) mass is 343 g/mol. The second-order valence-electron chi connectivity index (χ2n) is 4.95. The van der Waals surface area contributed by atoms with Crippen LogP contribution in [0, 0.1) is 0 Å². The SMILES string of the molecule is CCOC(=O)c1oc2ccc(OC)cc2c1CSc1ccccn1. The molecule has 3 aromatic rings. The van der Waals surface area contributed by atoms with Gasteiger partial charge < -0.3 is 13.9 Å². The van der Waals surface area contributed by atoms with Gasteiger partial charge in [0.25, 0.3) is 0 Å². The first-order valence-electron chi connectivity index (χ1n) is 7.53. The van der Waals surface area contributed by atoms with E-state index in [0.717, 1.165) is 16.0 Å². The van der Waals surface area contributed by atoms with Crippen LogP contribution in [0.15, 0.2) is 52.0 Å². The average Bonchev–Trinajstić information content (AvgIpc) is 2.98. The lowest BCUT2D eigenvalue weighted by Crippen LogP contribution is -2.05. The van der Waals surface area contributed by atoms with E-state index < -0.39 is 5.97 Å². The van der Waals surface area contributed by atoms with Gasteiger partial charge in [-0.2, -0.15) is 0 Å². The zero-order valence-electron chi connectivity index (χ0n) is 13.4. The molecule has 0 aliphatic rings. The molecule has 2 aromatic heterocycles. The molecule has 0 saturated carbocycles. The van der Waals surface area contributed by atoms with Gasteiger partial charge in [-0.05, 0) is 37.3 Å². The fraction of sp³-hybridized carbons (Fsp3) is 0.222. The Labute approximate surface area is 144 Å². The lowest BCUT2D eigenvalue weighted by atomic mass is 10.1. The molecule has 1 aromatic carbocycles. The highest BCUT2D eigenvalue weighted by Crippen LogP contribution is 2.34. The number of esters is 1. The third-order valence-corrected chi connectivity index (χ3v) is 4.43. The van der Waals surface area contributed by atoms with Crippen molar-refractivity contribution in [3.8, 4) is 5.75 Å². The molecule has 24 heavy (non-hydrogen) atoms. The minimum atomic E-state index is -0.454. The van der Waals surface area contributed by atoms with Crippen molar-refractivity contribution in [3.05, 3.63) is 53.9 Å². The Balaban J connectivity index is 2.00. The predicted molar refractivity (Wildman–Crippen MR) is 92.5 cm³/mol. The molecule has 0 unspecified atom stereocenters. The molecule has 5 nitrogen and oxygen atoms in total. The molecule has 2 heterocycles. The molecule has 0 fully saturated rings. The van der Waals surface area contributed by atoms with Gasteiger partial charge in [-0.3, -0.25) is 0 Å². The molecule has 3 rings (SSSR count). The molecule has 124 valence electrons. The van der Waals surface area contributed by atoms with Crippen molar-refractivity contribution in [2.24, 2.45) is 0 Å². The zero-order valence-corrected chi connectivity index (χ0v) is 14.3. The maximum atomic E-state index is 12.2. The third-order valence-electron chi connectivity index (χ3n) is 3.46. The van der Waals surface area contributed by atoms with Crippen LogP contribution in [-0.4, -0.2) is 24.7 Å². The second-order valence-corrected chi connectivity index (χ2v) is 5.94. The van der Waals surface area contributed by atoms with Crippen molar-refractivity contribution in [1.82, 2.24) is 4.98 Å². The highest BCUT2D eigenvalue weighted by Gasteiger charge is 2.22. The van der Waals surface area contributed by atoms with Crippen molar-refractivity contribution in [2.75, 3.05) is 13.7 Å². The predicted octanol–water partition coefficient (Wildman–Crippen LogP) is 4.31. The molecule has 0 amide bonds. The first-order chi connectivity index (χ1) is 11.7. The van der Waals surface area contributed by atoms with Crippen LogP contribution in [0.2, 0.25) is 0 Å². The Morgan fingerprint density at radius 2 is 2.17 bits per heavy atom. The Kier molecular flexibility index (Phi) is 5.05. The second kappa shape index (κ2) is 7.40. The van der Waals surface area contributed by atoms with Gasteiger partial charge in [-0.25, -0.2) is 9.78 Å². The topological polar surface area (TPSA) is 61.6 Å². The summed E-state index contributed by atoms with van der Waals surface area (Å²) in [7, 11) is 1.61. The molecule has 0 bridgehead atoms. The summed E-state index contributed by atoms with van der Waals surface area (Å²) in [6, 6.07) is 11.2. The molecule has 0 aliphatic carbocycles. The quantitative estimate of drug-likeness (QED) is 0.491. The molecule has 6 heteroatoms. The summed E-state index contributed by atoms with van der Waals surface area (Å²) in [5.41, 5.74) is 1.42. The van der Waals surface area contributed by atoms with Crippen molar-refractivity contribution in [2.45, 2.75) is 17.7 Å². The van der Waals surface area contributed by atoms with Gasteiger partial charge in [0.2, 0.25) is 5.76 Å². The number of fused-ring (bicyclic) bond motifs is 1. The van der Waals surface area contributed by atoms with E-state index in [1.165, 1.54) is 11.8 Å². The van der Waals surface area contributed by atoms with Crippen LogP contribution in [0.3, 0.4) is 0 Å². The summed E-state index contributed by atoms with van der Waals surface area (Å²) in [4.78, 5) is 16.5. The van der Waals surface area contributed by atoms with Crippen LogP contribution >= 0.6 is 11.8 Å². The molecule has 0 N–H and O–H groups in total. The molecule has 0 aliphatic heterocycles. The molecular formula is C18H17NO4S. The van der Waals surface area contributed by atoms with Gasteiger partial charge in [0.1, 0.15) is 11.3 Å². The van der Waals surface area contributed by atoms with Crippen LogP contribution in [0.1, 0.15) is 23.0 Å². The minimum absolute atomic E-state index is 0.239. The summed E-state index contributed by atoms with van der Waals surface area (Å²) >= 11 is 1.54. The number of rotatable bonds is 6. The lowest BCUT2D eigenvalue weighted by molar-refractivity contribution is 0.0491. The van der Waals surface area contributed by atoms with Crippen molar-refractivity contribution >= 4 is 28.7 Å². The van der Waals surface area contributed by atoms with E-state index >= 15 is 0 Å². The number of hydrogen-bond donors (Lipinski definition) is 0. The smallest absolute Gasteiger partial charge is 0.374 e. The number of nitrogens with zero attached hydrogens (tertiary/aromatic N) is 1. The standard InChI is InChI=1S/C18H17NO4S/c1-3-22-18(20)17-14(11-24-16-6-4-5-9-19-16)13-10-12(21-2)7-8-15(13)23-17/h4-10H,3,11H2,1-2H3. The maximum Gasteiger partial charge on any atom is 0.374 e. The van der Waals surface area contributed by atoms with E-state index in [1.807, 2.05) is 24.3 Å². The molecule has 0 radical (unpaired) electrons. The number of carbonyl (C=O) groups is 1. The minimum Gasteiger partial charge on any atom is -0.497 e. The Bertz CT molecular complexity index is 845. The fourth-order valence-electron chi connectivity index (χ4n) is 2.34. The van der Waals surface area contributed by atoms with Crippen LogP contribution in [0.25, 0.3) is 11.0 Å². The van der Waals surface area contributed by atoms with Crippen LogP contribution < -0.4 is 4.74 Å². The van der Waals surface area contributed by atoms with Crippen LogP contribution in [0.4, 0.5) is 0 Å². The van der Waals surface area contributed by atoms with E-state index in [2.05, 4.69) is 4.98 Å². The largest absolute Gasteiger partial charge is 0.497 e. The van der Waals surface area contributed by atoms with E-state index in [0.29, 0.717) is 23.7 Å². The third kappa shape index (κ3) is 3.38. The Hall–Kier alpha value is -2.47. The summed E-state index contributed by atoms with van der Waals surface area (Å²) in [5.74, 6) is 1.04. The van der Waals surface area contributed by atoms with E-state index in [-0.39, 0.29) is 5.76 Å². The van der Waals surface area contributed by atoms with E-state index in [9.17, 15) is 4.79 Å². The normalized spacial score (nSPS) is 10.8. The number of furan rings is 1. The summed E-state index contributed by atoms with van der Waals surface area (Å²) in [6.45, 7) is 2.07. The van der Waals surface area contributed by atoms with Gasteiger partial charge in [-0.15, -0.1) is 11.8 Å². The van der Waals surface area contributed by atoms with Crippen LogP contribution in [0.5, 0.6) is 5.75 Å². The maximum absolute atomic E-state index is 12.2. The number of carbonyl (C=O) groups excluding carboxylic acids is 1. The number of ether oxygens (including phenoxy) is 2. The van der Waals surface area contributed by atoms with Gasteiger partial charge >= 0.3 is 5.97 Å². The number of methoxy groups -OCH3 is 1. The summed E-state index contributed by atoms with van der Waals surface area (Å²) in [6.07, 6.45) is 1.74. The zero-order chi connectivity index (χ0) is 16.9. The lowest BCUT2D eigenvalue weighted by Gasteiger charge is -2.04. The average molecular weight is 343 g/mol. The van der Waals surface area contributed by atoms with E-state index in [4.69, 9.17) is 13.9 Å². The Morgan fingerprint density at radius 1 is 1.29 bits per heavy atom. The summed E-state index contributed by atoms with van der Waals surface area (Å²) < 4.78 is 16.1. The number of aromatic nitrogens is 1. The number of hydrogen-bond acceptors (Lipinski definition) is 6. The number of thioether (sulfide) groups is 1. The van der Waals surface area contributed by atoms with Crippen molar-refractivity contribution < 1.29 is 18.7 Å². The molecule has 0 atom stereocenters. The Morgan fingerprint density at radius 3 is 2.88 bits per heavy atom. The van der Waals surface area contributed by atoms with Gasteiger partial charge in [-0.1, -0.05) is 6.07 Å². The number of pyridine rings is 1. The van der Waals surface area contributed by atoms with Crippen LogP contribution in [-0.2, 0) is 10.5 Å². The molecular weight excluding hydrogens is 326 g/mol. The number of benzene rings is 1.